The minimum Gasteiger partial charge on any atom is -0.338 e. The summed E-state index contributed by atoms with van der Waals surface area (Å²) < 4.78 is 31.7. The summed E-state index contributed by atoms with van der Waals surface area (Å²) in [6, 6.07) is 4.46. The number of carbonyl (C=O) groups is 2. The van der Waals surface area contributed by atoms with Crippen molar-refractivity contribution in [2.45, 2.75) is 45.2 Å². The van der Waals surface area contributed by atoms with Crippen LogP contribution in [-0.2, 0) is 21.5 Å². The fourth-order valence-electron chi connectivity index (χ4n) is 2.94. The van der Waals surface area contributed by atoms with Gasteiger partial charge >= 0.3 is 0 Å². The van der Waals surface area contributed by atoms with Gasteiger partial charge in [0.05, 0.1) is 18.3 Å². The van der Waals surface area contributed by atoms with E-state index in [1.54, 1.807) is 11.0 Å². The molecule has 0 bridgehead atoms. The molecule has 27 heavy (non-hydrogen) atoms. The van der Waals surface area contributed by atoms with Crippen molar-refractivity contribution in [3.05, 3.63) is 47.2 Å². The highest BCUT2D eigenvalue weighted by Crippen LogP contribution is 2.25. The number of anilines is 1. The van der Waals surface area contributed by atoms with E-state index < -0.39 is 23.6 Å². The Bertz CT molecular complexity index is 873. The lowest BCUT2D eigenvalue weighted by atomic mass is 9.92. The molecule has 1 aromatic heterocycles. The van der Waals surface area contributed by atoms with Crippen molar-refractivity contribution in [1.29, 1.82) is 0 Å². The molecule has 0 aliphatic carbocycles. The van der Waals surface area contributed by atoms with Crippen molar-refractivity contribution in [2.24, 2.45) is 0 Å². The summed E-state index contributed by atoms with van der Waals surface area (Å²) in [5, 5.41) is 6.58. The predicted octanol–water partition coefficient (Wildman–Crippen LogP) is 3.03. The van der Waals surface area contributed by atoms with E-state index in [0.717, 1.165) is 12.1 Å². The van der Waals surface area contributed by atoms with E-state index in [0.29, 0.717) is 11.3 Å². The summed E-state index contributed by atoms with van der Waals surface area (Å²) in [6.07, 6.45) is 0.0514. The summed E-state index contributed by atoms with van der Waals surface area (Å²) >= 11 is 0. The molecule has 6 nitrogen and oxygen atoms in total. The molecule has 1 amide bonds. The monoisotopic (exact) mass is 377 g/mol. The fraction of sp³-hybridized carbons (Fsp3) is 0.421. The van der Waals surface area contributed by atoms with Crippen LogP contribution in [0.15, 0.2) is 28.8 Å². The molecular formula is C19H21F2N3O3. The van der Waals surface area contributed by atoms with Crippen LogP contribution in [0.2, 0.25) is 0 Å². The fourth-order valence-corrected chi connectivity index (χ4v) is 2.94. The molecule has 1 aliphatic heterocycles. The third-order valence-corrected chi connectivity index (χ3v) is 4.44. The van der Waals surface area contributed by atoms with E-state index in [1.807, 2.05) is 20.8 Å². The average molecular weight is 377 g/mol. The Morgan fingerprint density at radius 2 is 2.04 bits per heavy atom. The molecule has 0 saturated carbocycles. The van der Waals surface area contributed by atoms with E-state index in [4.69, 9.17) is 4.52 Å². The highest BCUT2D eigenvalue weighted by Gasteiger charge is 2.36. The lowest BCUT2D eigenvalue weighted by Gasteiger charge is -2.22. The summed E-state index contributed by atoms with van der Waals surface area (Å²) in [4.78, 5) is 26.1. The Labute approximate surface area is 155 Å². The second-order valence-corrected chi connectivity index (χ2v) is 7.73. The van der Waals surface area contributed by atoms with Crippen LogP contribution in [0.5, 0.6) is 0 Å². The van der Waals surface area contributed by atoms with Gasteiger partial charge in [-0.2, -0.15) is 0 Å². The molecule has 8 heteroatoms. The number of hydrogen-bond acceptors (Lipinski definition) is 5. The van der Waals surface area contributed by atoms with Gasteiger partial charge in [-0.1, -0.05) is 32.0 Å². The number of rotatable bonds is 4. The first-order valence-electron chi connectivity index (χ1n) is 8.61. The van der Waals surface area contributed by atoms with E-state index in [1.165, 1.54) is 6.07 Å². The minimum atomic E-state index is -0.963. The molecule has 144 valence electrons. The number of aromatic nitrogens is 1. The Kier molecular flexibility index (Phi) is 5.10. The largest absolute Gasteiger partial charge is 0.338 e. The van der Waals surface area contributed by atoms with Gasteiger partial charge in [0.2, 0.25) is 11.8 Å². The average Bonchev–Trinajstić information content (AvgIpc) is 3.17. The second-order valence-electron chi connectivity index (χ2n) is 7.73. The molecule has 1 fully saturated rings. The third kappa shape index (κ3) is 4.39. The zero-order valence-electron chi connectivity index (χ0n) is 15.4. The highest BCUT2D eigenvalue weighted by atomic mass is 19.2. The molecule has 1 saturated heterocycles. The molecule has 1 N–H and O–H groups in total. The number of amides is 1. The number of benzene rings is 1. The van der Waals surface area contributed by atoms with E-state index in [9.17, 15) is 18.4 Å². The van der Waals surface area contributed by atoms with Crippen LogP contribution in [0, 0.1) is 11.6 Å². The van der Waals surface area contributed by atoms with Crippen molar-refractivity contribution >= 4 is 17.6 Å². The molecular weight excluding hydrogens is 356 g/mol. The first-order chi connectivity index (χ1) is 12.6. The molecule has 0 spiro atoms. The van der Waals surface area contributed by atoms with Crippen LogP contribution in [0.4, 0.5) is 14.7 Å². The molecule has 1 aliphatic rings. The van der Waals surface area contributed by atoms with Gasteiger partial charge in [0.1, 0.15) is 5.78 Å². The van der Waals surface area contributed by atoms with Gasteiger partial charge in [-0.15, -0.1) is 0 Å². The van der Waals surface area contributed by atoms with E-state index in [2.05, 4.69) is 10.5 Å². The second kappa shape index (κ2) is 7.19. The topological polar surface area (TPSA) is 75.4 Å². The predicted molar refractivity (Wildman–Crippen MR) is 94.0 cm³/mol. The zero-order valence-corrected chi connectivity index (χ0v) is 15.4. The summed E-state index contributed by atoms with van der Waals surface area (Å²) in [6.45, 7) is 6.13. The number of halogens is 2. The van der Waals surface area contributed by atoms with Crippen molar-refractivity contribution < 1.29 is 22.9 Å². The van der Waals surface area contributed by atoms with Crippen LogP contribution in [0.1, 0.15) is 38.4 Å². The van der Waals surface area contributed by atoms with Crippen LogP contribution in [0.3, 0.4) is 0 Å². The quantitative estimate of drug-likeness (QED) is 0.886. The number of likely N-dealkylation sites (tertiary alicyclic amines) is 1. The molecule has 3 rings (SSSR count). The molecule has 2 aromatic rings. The van der Waals surface area contributed by atoms with Gasteiger partial charge in [-0.05, 0) is 17.7 Å². The van der Waals surface area contributed by atoms with Gasteiger partial charge < -0.3 is 4.52 Å². The van der Waals surface area contributed by atoms with Crippen LogP contribution in [0.25, 0.3) is 0 Å². The third-order valence-electron chi connectivity index (χ3n) is 4.44. The van der Waals surface area contributed by atoms with Crippen molar-refractivity contribution in [3.63, 3.8) is 0 Å². The molecule has 1 atom stereocenters. The zero-order chi connectivity index (χ0) is 19.8. The first kappa shape index (κ1) is 19.2. The lowest BCUT2D eigenvalue weighted by molar-refractivity contribution is -0.121. The van der Waals surface area contributed by atoms with Gasteiger partial charge in [0.25, 0.3) is 0 Å². The van der Waals surface area contributed by atoms with E-state index in [-0.39, 0.29) is 36.6 Å². The smallest absolute Gasteiger partial charge is 0.244 e. The van der Waals surface area contributed by atoms with Crippen molar-refractivity contribution in [1.82, 2.24) is 10.1 Å². The number of Topliss-reactive ketones (excluding diaryl/α,β-unsaturated/α-hetero) is 1. The van der Waals surface area contributed by atoms with Crippen LogP contribution < -0.4 is 5.32 Å². The Morgan fingerprint density at radius 3 is 2.67 bits per heavy atom. The SMILES string of the molecule is CC(C)(C)c1cc(NC(=O)[C@@H]2CC(=O)CN2Cc2ccc(F)c(F)c2)on1. The molecule has 1 aromatic carbocycles. The maximum Gasteiger partial charge on any atom is 0.244 e. The number of nitrogens with zero attached hydrogens (tertiary/aromatic N) is 2. The van der Waals surface area contributed by atoms with E-state index >= 15 is 0 Å². The summed E-state index contributed by atoms with van der Waals surface area (Å²) in [5.41, 5.74) is 0.948. The lowest BCUT2D eigenvalue weighted by Crippen LogP contribution is -2.39. The molecule has 2 heterocycles. The highest BCUT2D eigenvalue weighted by molar-refractivity contribution is 5.99. The normalized spacial score (nSPS) is 18.1. The maximum absolute atomic E-state index is 13.4. The summed E-state index contributed by atoms with van der Waals surface area (Å²) in [7, 11) is 0. The standard InChI is InChI=1S/C19H21F2N3O3/c1-19(2,3)16-8-17(27-23-16)22-18(26)15-7-12(25)10-24(15)9-11-4-5-13(20)14(21)6-11/h4-6,8,15H,7,9-10H2,1-3H3,(H,22,26)/t15-/m0/s1. The number of hydrogen-bond donors (Lipinski definition) is 1. The number of nitrogens with one attached hydrogen (secondary N) is 1. The van der Waals surface area contributed by atoms with Gasteiger partial charge in [0, 0.05) is 24.4 Å². The van der Waals surface area contributed by atoms with Gasteiger partial charge in [0.15, 0.2) is 11.6 Å². The number of ketones is 1. The molecule has 0 radical (unpaired) electrons. The Morgan fingerprint density at radius 1 is 1.30 bits per heavy atom. The van der Waals surface area contributed by atoms with Gasteiger partial charge in [-0.25, -0.2) is 8.78 Å². The van der Waals surface area contributed by atoms with Gasteiger partial charge in [-0.3, -0.25) is 19.8 Å². The number of carbonyl (C=O) groups excluding carboxylic acids is 2. The Hall–Kier alpha value is -2.61. The first-order valence-corrected chi connectivity index (χ1v) is 8.61. The summed E-state index contributed by atoms with van der Waals surface area (Å²) in [5.74, 6) is -2.19. The van der Waals surface area contributed by atoms with Crippen molar-refractivity contribution in [2.75, 3.05) is 11.9 Å². The van der Waals surface area contributed by atoms with Crippen molar-refractivity contribution in [3.8, 4) is 0 Å². The molecule has 0 unspecified atom stereocenters. The van der Waals surface area contributed by atoms with Crippen LogP contribution in [-0.4, -0.2) is 34.3 Å². The minimum absolute atomic E-state index is 0.0514. The maximum atomic E-state index is 13.4. The van der Waals surface area contributed by atoms with Crippen LogP contribution >= 0.6 is 0 Å². The Balaban J connectivity index is 1.71.